The molecule has 0 amide bonds. The fraction of sp³-hybridized carbons (Fsp3) is 0.200. The van der Waals surface area contributed by atoms with E-state index in [1.165, 1.54) is 0 Å². The monoisotopic (exact) mass is 230 g/mol. The van der Waals surface area contributed by atoms with Crippen LogP contribution >= 0.6 is 10.7 Å². The zero-order chi connectivity index (χ0) is 10.4. The normalized spacial score (nSPS) is 12.1. The molecule has 14 heavy (non-hydrogen) atoms. The van der Waals surface area contributed by atoms with Crippen molar-refractivity contribution in [2.75, 3.05) is 5.75 Å². The molecular formula is C10H11ClO2S. The number of benzene rings is 1. The summed E-state index contributed by atoms with van der Waals surface area (Å²) in [6.45, 7) is 0. The van der Waals surface area contributed by atoms with E-state index in [0.29, 0.717) is 0 Å². The summed E-state index contributed by atoms with van der Waals surface area (Å²) >= 11 is 0. The van der Waals surface area contributed by atoms with Gasteiger partial charge in [-0.2, -0.15) is 0 Å². The van der Waals surface area contributed by atoms with E-state index in [1.807, 2.05) is 30.3 Å². The molecule has 2 nitrogen and oxygen atoms in total. The smallest absolute Gasteiger partial charge is 0.212 e. The summed E-state index contributed by atoms with van der Waals surface area (Å²) in [5.74, 6) is -0.110. The molecule has 0 saturated heterocycles. The van der Waals surface area contributed by atoms with Gasteiger partial charge in [0.05, 0.1) is 5.75 Å². The molecule has 4 heteroatoms. The van der Waals surface area contributed by atoms with Crippen molar-refractivity contribution < 1.29 is 8.42 Å². The molecule has 0 aromatic heterocycles. The van der Waals surface area contributed by atoms with Gasteiger partial charge < -0.3 is 0 Å². The van der Waals surface area contributed by atoms with Gasteiger partial charge in [-0.3, -0.25) is 0 Å². The van der Waals surface area contributed by atoms with E-state index in [9.17, 15) is 8.42 Å². The molecule has 0 atom stereocenters. The minimum atomic E-state index is -3.39. The molecule has 0 aliphatic heterocycles. The predicted molar refractivity (Wildman–Crippen MR) is 58.9 cm³/mol. The molecule has 0 fully saturated rings. The van der Waals surface area contributed by atoms with E-state index in [-0.39, 0.29) is 5.75 Å². The molecular weight excluding hydrogens is 220 g/mol. The fourth-order valence-electron chi connectivity index (χ4n) is 1.02. The number of halogens is 1. The zero-order valence-electron chi connectivity index (χ0n) is 7.56. The van der Waals surface area contributed by atoms with Crippen LogP contribution in [0.1, 0.15) is 5.56 Å². The van der Waals surface area contributed by atoms with Gasteiger partial charge in [-0.1, -0.05) is 42.5 Å². The number of hydrogen-bond donors (Lipinski definition) is 0. The van der Waals surface area contributed by atoms with Crippen molar-refractivity contribution in [2.24, 2.45) is 0 Å². The van der Waals surface area contributed by atoms with Gasteiger partial charge in [0, 0.05) is 10.7 Å². The Morgan fingerprint density at radius 1 is 1.14 bits per heavy atom. The molecule has 0 radical (unpaired) electrons. The van der Waals surface area contributed by atoms with Gasteiger partial charge in [0.25, 0.3) is 0 Å². The molecule has 1 rings (SSSR count). The van der Waals surface area contributed by atoms with Crippen molar-refractivity contribution >= 4 is 19.7 Å². The quantitative estimate of drug-likeness (QED) is 0.588. The lowest BCUT2D eigenvalue weighted by molar-refractivity contribution is 0.612. The fourth-order valence-corrected chi connectivity index (χ4v) is 1.60. The number of allylic oxidation sites excluding steroid dienone is 1. The maximum atomic E-state index is 10.6. The van der Waals surface area contributed by atoms with E-state index < -0.39 is 9.05 Å². The van der Waals surface area contributed by atoms with Crippen LogP contribution < -0.4 is 0 Å². The van der Waals surface area contributed by atoms with E-state index >= 15 is 0 Å². The van der Waals surface area contributed by atoms with Crippen molar-refractivity contribution in [3.05, 3.63) is 48.0 Å². The first-order valence-electron chi connectivity index (χ1n) is 4.19. The molecule has 0 heterocycles. The lowest BCUT2D eigenvalue weighted by atomic mass is 10.1. The Labute approximate surface area is 88.6 Å². The lowest BCUT2D eigenvalue weighted by Gasteiger charge is -1.93. The first kappa shape index (κ1) is 11.3. The average molecular weight is 231 g/mol. The van der Waals surface area contributed by atoms with Crippen molar-refractivity contribution in [3.8, 4) is 0 Å². The van der Waals surface area contributed by atoms with Crippen LogP contribution in [-0.2, 0) is 15.5 Å². The van der Waals surface area contributed by atoms with Crippen LogP contribution in [0.5, 0.6) is 0 Å². The first-order chi connectivity index (χ1) is 6.58. The summed E-state index contributed by atoms with van der Waals surface area (Å²) in [6.07, 6.45) is 4.10. The van der Waals surface area contributed by atoms with E-state index in [0.717, 1.165) is 12.0 Å². The lowest BCUT2D eigenvalue weighted by Crippen LogP contribution is -1.92. The second-order valence-electron chi connectivity index (χ2n) is 2.87. The molecule has 1 aromatic rings. The van der Waals surface area contributed by atoms with Crippen LogP contribution in [0.4, 0.5) is 0 Å². The Bertz CT molecular complexity index is 395. The molecule has 0 spiro atoms. The molecule has 0 aliphatic rings. The molecule has 76 valence electrons. The third-order valence-corrected chi connectivity index (χ3v) is 2.63. The van der Waals surface area contributed by atoms with Gasteiger partial charge in [0.15, 0.2) is 0 Å². The minimum absolute atomic E-state index is 0.110. The van der Waals surface area contributed by atoms with Gasteiger partial charge in [0.2, 0.25) is 9.05 Å². The van der Waals surface area contributed by atoms with E-state index in [4.69, 9.17) is 10.7 Å². The maximum Gasteiger partial charge on any atom is 0.236 e. The summed E-state index contributed by atoms with van der Waals surface area (Å²) in [5, 5.41) is 0. The highest BCUT2D eigenvalue weighted by Gasteiger charge is 1.99. The molecule has 0 unspecified atom stereocenters. The SMILES string of the molecule is O=S(=O)(Cl)C/C=C/Cc1ccccc1. The second-order valence-corrected chi connectivity index (χ2v) is 5.69. The third kappa shape index (κ3) is 5.04. The highest BCUT2D eigenvalue weighted by Crippen LogP contribution is 2.01. The van der Waals surface area contributed by atoms with Gasteiger partial charge in [-0.15, -0.1) is 0 Å². The van der Waals surface area contributed by atoms with Crippen LogP contribution in [0.25, 0.3) is 0 Å². The Balaban J connectivity index is 2.42. The zero-order valence-corrected chi connectivity index (χ0v) is 9.13. The largest absolute Gasteiger partial charge is 0.236 e. The minimum Gasteiger partial charge on any atom is -0.212 e. The Kier molecular flexibility index (Phi) is 4.17. The third-order valence-electron chi connectivity index (χ3n) is 1.66. The number of hydrogen-bond acceptors (Lipinski definition) is 2. The summed E-state index contributed by atoms with van der Waals surface area (Å²) in [5.41, 5.74) is 1.15. The molecule has 0 N–H and O–H groups in total. The van der Waals surface area contributed by atoms with Crippen molar-refractivity contribution in [1.82, 2.24) is 0 Å². The first-order valence-corrected chi connectivity index (χ1v) is 6.67. The molecule has 0 aliphatic carbocycles. The maximum absolute atomic E-state index is 10.6. The van der Waals surface area contributed by atoms with E-state index in [2.05, 4.69) is 0 Å². The highest BCUT2D eigenvalue weighted by atomic mass is 35.7. The predicted octanol–water partition coefficient (Wildman–Crippen LogP) is 2.35. The van der Waals surface area contributed by atoms with Crippen LogP contribution in [0.15, 0.2) is 42.5 Å². The van der Waals surface area contributed by atoms with Gasteiger partial charge in [-0.05, 0) is 12.0 Å². The van der Waals surface area contributed by atoms with Crippen LogP contribution in [-0.4, -0.2) is 14.2 Å². The van der Waals surface area contributed by atoms with Gasteiger partial charge in [0.1, 0.15) is 0 Å². The Morgan fingerprint density at radius 3 is 2.36 bits per heavy atom. The van der Waals surface area contributed by atoms with Gasteiger partial charge >= 0.3 is 0 Å². The van der Waals surface area contributed by atoms with Crippen molar-refractivity contribution in [3.63, 3.8) is 0 Å². The van der Waals surface area contributed by atoms with Crippen molar-refractivity contribution in [2.45, 2.75) is 6.42 Å². The molecule has 0 bridgehead atoms. The van der Waals surface area contributed by atoms with Crippen LogP contribution in [0.2, 0.25) is 0 Å². The standard InChI is InChI=1S/C10H11ClO2S/c11-14(12,13)9-5-4-8-10-6-2-1-3-7-10/h1-7H,8-9H2/b5-4+. The average Bonchev–Trinajstić information content (AvgIpc) is 2.13. The summed E-state index contributed by atoms with van der Waals surface area (Å²) < 4.78 is 21.1. The van der Waals surface area contributed by atoms with Crippen LogP contribution in [0.3, 0.4) is 0 Å². The molecule has 1 aromatic carbocycles. The van der Waals surface area contributed by atoms with E-state index in [1.54, 1.807) is 12.2 Å². The summed E-state index contributed by atoms with van der Waals surface area (Å²) in [6, 6.07) is 9.80. The van der Waals surface area contributed by atoms with Gasteiger partial charge in [-0.25, -0.2) is 8.42 Å². The van der Waals surface area contributed by atoms with Crippen LogP contribution in [0, 0.1) is 0 Å². The summed E-state index contributed by atoms with van der Waals surface area (Å²) in [4.78, 5) is 0. The number of rotatable bonds is 4. The second kappa shape index (κ2) is 5.17. The Hall–Kier alpha value is -0.800. The molecule has 0 saturated carbocycles. The van der Waals surface area contributed by atoms with Crippen molar-refractivity contribution in [1.29, 1.82) is 0 Å². The Morgan fingerprint density at radius 2 is 1.79 bits per heavy atom. The summed E-state index contributed by atoms with van der Waals surface area (Å²) in [7, 11) is 1.64. The highest BCUT2D eigenvalue weighted by molar-refractivity contribution is 8.13. The topological polar surface area (TPSA) is 34.1 Å².